The molecule has 0 radical (unpaired) electrons. The number of hydrogen-bond acceptors (Lipinski definition) is 25. The zero-order chi connectivity index (χ0) is 85.4. The summed E-state index contributed by atoms with van der Waals surface area (Å²) in [4.78, 5) is 11.8. The Morgan fingerprint density at radius 2 is 0.587 bits per heavy atom. The maximum absolute atomic E-state index is 14.9. The highest BCUT2D eigenvalue weighted by Gasteiger charge is 2.47. The molecule has 0 spiro atoms. The summed E-state index contributed by atoms with van der Waals surface area (Å²) in [5.74, 6) is 8.13. The fourth-order valence-electron chi connectivity index (χ4n) is 21.5. The SMILES string of the molecule is COc1cc2c(cc1O)[C@@H]1Cc3c(cc4c(c3Cl)OCO4)CN1CC2.COc1cc2c(cc1O)[C@@H]1Cc3c(cc4c(c3F)OCO4)CN1CC2.COc1cc2c(cc1O)[C@@H]1Cc3cc4c(c(F)c3CN1CC2)OCO4.FC1(F)Oc2cc3c(cc2O1)CN1CCc2cc4c(cc2[C@@H]1C3)OCO4.Fc1c2c(cc3c1OCO3)CN1CCc3cc4c(cc3[C@@H]1C2)OCO4. The van der Waals surface area contributed by atoms with Crippen molar-refractivity contribution < 1.29 is 118 Å². The molecular formula is C95H85ClF5N5O20. The summed E-state index contributed by atoms with van der Waals surface area (Å²) in [7, 11) is 4.68. The zero-order valence-electron chi connectivity index (χ0n) is 68.8. The third-order valence-electron chi connectivity index (χ3n) is 27.7. The van der Waals surface area contributed by atoms with Gasteiger partial charge in [-0.2, -0.15) is 0 Å². The molecule has 0 saturated carbocycles. The summed E-state index contributed by atoms with van der Waals surface area (Å²) in [5.41, 5.74) is 21.3. The Bertz CT molecular complexity index is 6060. The van der Waals surface area contributed by atoms with Gasteiger partial charge in [-0.3, -0.25) is 24.5 Å². The number of benzene rings is 10. The highest BCUT2D eigenvalue weighted by Crippen LogP contribution is 2.56. The molecule has 0 amide bonds. The zero-order valence-corrected chi connectivity index (χ0v) is 69.6. The van der Waals surface area contributed by atoms with Gasteiger partial charge in [0.05, 0.1) is 26.4 Å². The average Bonchev–Trinajstić information content (AvgIpc) is 1.30. The van der Waals surface area contributed by atoms with Crippen molar-refractivity contribution in [2.75, 3.05) is 94.8 Å². The van der Waals surface area contributed by atoms with E-state index in [9.17, 15) is 37.3 Å². The molecule has 17 aliphatic rings. The number of phenolic OH excluding ortho intramolecular Hbond substituents is 3. The summed E-state index contributed by atoms with van der Waals surface area (Å²) in [5, 5.41) is 31.3. The number of halogens is 6. The monoisotopic (exact) mass is 1750 g/mol. The summed E-state index contributed by atoms with van der Waals surface area (Å²) in [6.07, 6.45) is 4.39. The number of ether oxygens (including phenoxy) is 17. The first-order chi connectivity index (χ1) is 61.3. The minimum absolute atomic E-state index is 0.0444. The molecular weight excluding hydrogens is 1660 g/mol. The average molecular weight is 1750 g/mol. The third kappa shape index (κ3) is 13.4. The van der Waals surface area contributed by atoms with E-state index in [2.05, 4.69) is 64.3 Å². The second-order valence-electron chi connectivity index (χ2n) is 34.2. The molecule has 10 aromatic carbocycles. The Labute approximate surface area is 724 Å². The Morgan fingerprint density at radius 1 is 0.302 bits per heavy atom. The van der Waals surface area contributed by atoms with Crippen LogP contribution >= 0.6 is 11.6 Å². The van der Waals surface area contributed by atoms with E-state index >= 15 is 0 Å². The quantitative estimate of drug-likeness (QED) is 0.139. The van der Waals surface area contributed by atoms with Crippen molar-refractivity contribution in [1.82, 2.24) is 24.5 Å². The largest absolute Gasteiger partial charge is 0.586 e. The molecule has 10 aromatic rings. The van der Waals surface area contributed by atoms with Crippen LogP contribution in [0.1, 0.15) is 141 Å². The molecule has 652 valence electrons. The highest BCUT2D eigenvalue weighted by molar-refractivity contribution is 6.33. The fourth-order valence-corrected chi connectivity index (χ4v) is 21.9. The fraction of sp³-hybridized carbons (Fsp3) is 0.368. The standard InChI is InChI=1S/C19H18ClNO4.C19H15F2NO4.C19H16FNO4.2C19H18FNO4/c1-23-16-4-10-2-3-21-8-11-5-17-19(25-9-24-17)18(20)13(11)6-14(21)12(10)7-15(16)22;20-19(21)25-17-5-11-3-14-13-7-16-15(23-9-24-16)4-10(13)1-2-22(14)8-12(11)6-18(17)26-19;20-18-13-5-14-12-6-16-15(22-8-23-16)3-10(12)1-2-21(14)7-11(13)4-17-19(18)25-9-24-17;1-23-16-5-10-2-3-21-8-13-11(4-14(21)12(10)7-15(16)22)6-17-19(18(13)20)25-9-24-17;1-23-16-4-10-2-3-21-8-11-5-17-19(25-9-24-17)18(20)13(11)6-14(21)12(10)7-15(16)22/h4-5,7,14,22H,2-3,6,8-9H2,1H3;4-7,14H,1-3,8-9H2;3-4,6,14H,1-2,5,7-9H2;5-7,14,22H,2-4,8-9H2,1H3;4-5,7,14,22H,2-3,6,8-9H2,1H3/t5*14-/m00000/s1. The van der Waals surface area contributed by atoms with Gasteiger partial charge >= 0.3 is 6.29 Å². The molecule has 0 bridgehead atoms. The molecule has 126 heavy (non-hydrogen) atoms. The summed E-state index contributed by atoms with van der Waals surface area (Å²) in [6.45, 7) is 9.01. The molecule has 5 atom stereocenters. The van der Waals surface area contributed by atoms with Gasteiger partial charge < -0.3 is 95.8 Å². The van der Waals surface area contributed by atoms with Crippen LogP contribution < -0.4 is 80.5 Å². The molecule has 17 heterocycles. The number of methoxy groups -OCH3 is 3. The van der Waals surface area contributed by atoms with Crippen LogP contribution in [0.2, 0.25) is 5.02 Å². The lowest BCUT2D eigenvalue weighted by Gasteiger charge is -2.41. The highest BCUT2D eigenvalue weighted by atomic mass is 35.5. The number of fused-ring (bicyclic) bond motifs is 27. The number of hydrogen-bond donors (Lipinski definition) is 3. The number of nitrogens with zero attached hydrogens (tertiary/aromatic N) is 5. The second kappa shape index (κ2) is 30.6. The topological polar surface area (TPSA) is 234 Å². The van der Waals surface area contributed by atoms with E-state index in [1.165, 1.54) is 38.9 Å². The van der Waals surface area contributed by atoms with Gasteiger partial charge in [-0.05, 0) is 267 Å². The van der Waals surface area contributed by atoms with E-state index in [0.29, 0.717) is 95.3 Å². The van der Waals surface area contributed by atoms with Crippen LogP contribution in [-0.4, -0.2) is 141 Å². The maximum Gasteiger partial charge on any atom is 0.586 e. The number of aromatic hydroxyl groups is 3. The maximum atomic E-state index is 14.9. The van der Waals surface area contributed by atoms with Crippen LogP contribution in [0.5, 0.6) is 115 Å². The molecule has 25 nitrogen and oxygen atoms in total. The van der Waals surface area contributed by atoms with E-state index in [1.54, 1.807) is 45.6 Å². The summed E-state index contributed by atoms with van der Waals surface area (Å²) in [6, 6.07) is 31.4. The number of rotatable bonds is 3. The normalized spacial score (nSPS) is 21.7. The first-order valence-corrected chi connectivity index (χ1v) is 42.7. The lowest BCUT2D eigenvalue weighted by molar-refractivity contribution is -0.286. The Hall–Kier alpha value is -12.1. The van der Waals surface area contributed by atoms with Gasteiger partial charge in [0.2, 0.25) is 58.0 Å². The van der Waals surface area contributed by atoms with E-state index in [-0.39, 0.29) is 134 Å². The van der Waals surface area contributed by atoms with E-state index in [4.69, 9.17) is 82.7 Å². The predicted molar refractivity (Wildman–Crippen MR) is 440 cm³/mol. The Balaban J connectivity index is 0.0000000906. The van der Waals surface area contributed by atoms with Gasteiger partial charge in [-0.25, -0.2) is 13.2 Å². The van der Waals surface area contributed by atoms with E-state index in [0.717, 1.165) is 181 Å². The van der Waals surface area contributed by atoms with Crippen molar-refractivity contribution in [2.24, 2.45) is 0 Å². The lowest BCUT2D eigenvalue weighted by Crippen LogP contribution is -2.39. The first kappa shape index (κ1) is 78.6. The van der Waals surface area contributed by atoms with Crippen LogP contribution in [0.3, 0.4) is 0 Å². The van der Waals surface area contributed by atoms with Gasteiger partial charge in [0.1, 0.15) is 0 Å². The minimum Gasteiger partial charge on any atom is -0.504 e. The van der Waals surface area contributed by atoms with Gasteiger partial charge in [0.25, 0.3) is 0 Å². The summed E-state index contributed by atoms with van der Waals surface area (Å²) >= 11 is 6.62. The molecule has 0 aliphatic carbocycles. The molecule has 17 aliphatic heterocycles. The van der Waals surface area contributed by atoms with Gasteiger partial charge in [-0.1, -0.05) is 11.6 Å². The first-order valence-electron chi connectivity index (χ1n) is 42.4. The van der Waals surface area contributed by atoms with Crippen LogP contribution in [0.4, 0.5) is 22.0 Å². The van der Waals surface area contributed by atoms with Crippen molar-refractivity contribution in [1.29, 1.82) is 0 Å². The Morgan fingerprint density at radius 3 is 1.01 bits per heavy atom. The number of alkyl halides is 2. The van der Waals surface area contributed by atoms with Crippen molar-refractivity contribution in [3.63, 3.8) is 0 Å². The van der Waals surface area contributed by atoms with Crippen LogP contribution in [-0.2, 0) is 96.9 Å². The van der Waals surface area contributed by atoms with Crippen molar-refractivity contribution in [3.05, 3.63) is 231 Å². The number of phenols is 3. The van der Waals surface area contributed by atoms with Gasteiger partial charge in [0, 0.05) is 101 Å². The van der Waals surface area contributed by atoms with Crippen molar-refractivity contribution in [3.8, 4) is 115 Å². The Kier molecular flexibility index (Phi) is 19.1. The smallest absolute Gasteiger partial charge is 0.504 e. The third-order valence-corrected chi connectivity index (χ3v) is 28.1. The molecule has 0 saturated heterocycles. The second-order valence-corrected chi connectivity index (χ2v) is 34.5. The molecule has 0 aromatic heterocycles. The van der Waals surface area contributed by atoms with Crippen LogP contribution in [0, 0.1) is 17.5 Å². The lowest BCUT2D eigenvalue weighted by atomic mass is 9.83. The predicted octanol–water partition coefficient (Wildman–Crippen LogP) is 15.6. The summed E-state index contributed by atoms with van der Waals surface area (Å²) < 4.78 is 161. The molecule has 31 heteroatoms. The van der Waals surface area contributed by atoms with E-state index < -0.39 is 6.29 Å². The molecule has 0 fully saturated rings. The molecule has 0 unspecified atom stereocenters. The van der Waals surface area contributed by atoms with Crippen LogP contribution in [0.25, 0.3) is 0 Å². The van der Waals surface area contributed by atoms with Gasteiger partial charge in [-0.15, -0.1) is 8.78 Å². The van der Waals surface area contributed by atoms with E-state index in [1.807, 2.05) is 42.5 Å². The van der Waals surface area contributed by atoms with Crippen LogP contribution in [0.15, 0.2) is 97.1 Å². The van der Waals surface area contributed by atoms with Gasteiger partial charge in [0.15, 0.2) is 115 Å². The van der Waals surface area contributed by atoms with Crippen molar-refractivity contribution >= 4 is 11.6 Å². The molecule has 27 rings (SSSR count). The molecule has 3 N–H and O–H groups in total. The minimum atomic E-state index is -3.58. The van der Waals surface area contributed by atoms with Crippen molar-refractivity contribution in [2.45, 2.75) is 133 Å².